The predicted molar refractivity (Wildman–Crippen MR) is 374 cm³/mol. The van der Waals surface area contributed by atoms with Crippen LogP contribution >= 0.6 is 0 Å². The Morgan fingerprint density at radius 2 is 1.20 bits per heavy atom. The summed E-state index contributed by atoms with van der Waals surface area (Å²) in [5, 5.41) is 22.9. The molecule has 5 N–H and O–H groups in total. The van der Waals surface area contributed by atoms with Crippen LogP contribution in [0.25, 0.3) is 0 Å². The number of aliphatic hydroxyl groups excluding tert-OH is 1. The standard InChI is InChI=1S/C73H84BN9O20/c1-72(2,3)101-69(93)75-31-15-14-20-49(77-65(89)63(74)78-59(84)27-30-62(87)103-83-60(85)28-29-61(83)86)64(88)76-45-25-23-42(24-26-45)41-100-71(95)82-53-39-58(56(97-8)37-48(53)67(91)81-51-22-13-11-19-44(51)35-54(81)68(82)92)99-33-17-9-16-32-98-57-38-52-47(36-55(57)96-7)66(90)80-46(34-43-18-10-12-21-50(43)80)40-79(52)70(94)102-73(4,5)6/h10-13,18-19,21-26,36-39,46,49,54,63,68,92H,9,14-17,20,27-35,40-41H2,1-8H3,(H,75,93)(H,76,88)(H,77,89)(H,78,84)/t46-,49-,54-,63+,68?/m0/s1. The number of nitrogens with zero attached hydrogens (tertiary/aromatic N) is 5. The van der Waals surface area contributed by atoms with Crippen LogP contribution in [0.1, 0.15) is 143 Å². The molecule has 30 heteroatoms. The largest absolute Gasteiger partial charge is 0.493 e. The van der Waals surface area contributed by atoms with Crippen molar-refractivity contribution in [2.45, 2.75) is 167 Å². The molecule has 5 aliphatic rings. The Hall–Kier alpha value is -10.9. The number of fused-ring (bicyclic) bond motifs is 8. The number of carbonyl (C=O) groups excluding carboxylic acids is 11. The number of anilines is 5. The average Bonchev–Trinajstić information content (AvgIpc) is 1.60. The summed E-state index contributed by atoms with van der Waals surface area (Å²) in [6, 6.07) is 24.6. The third kappa shape index (κ3) is 18.1. The minimum absolute atomic E-state index is 0.0121. The number of methoxy groups -OCH3 is 2. The topological polar surface area (TPSA) is 346 Å². The maximum absolute atomic E-state index is 14.8. The molecule has 544 valence electrons. The Morgan fingerprint density at radius 3 is 1.83 bits per heavy atom. The molecule has 5 aliphatic heterocycles. The monoisotopic (exact) mass is 1420 g/mol. The summed E-state index contributed by atoms with van der Waals surface area (Å²) < 4.78 is 41.3. The lowest BCUT2D eigenvalue weighted by atomic mass is 9.94. The minimum Gasteiger partial charge on any atom is -0.493 e. The summed E-state index contributed by atoms with van der Waals surface area (Å²) in [6.07, 6.45) is -2.20. The van der Waals surface area contributed by atoms with Crippen molar-refractivity contribution >= 4 is 102 Å². The van der Waals surface area contributed by atoms with E-state index in [1.807, 2.05) is 36.4 Å². The highest BCUT2D eigenvalue weighted by atomic mass is 16.7. The third-order valence-corrected chi connectivity index (χ3v) is 17.4. The lowest BCUT2D eigenvalue weighted by Gasteiger charge is -2.32. The number of alkyl carbamates (subject to hydrolysis) is 1. The quantitative estimate of drug-likeness (QED) is 0.0152. The number of nitrogens with one attached hydrogen (secondary N) is 4. The van der Waals surface area contributed by atoms with Gasteiger partial charge in [0.1, 0.15) is 31.7 Å². The lowest BCUT2D eigenvalue weighted by Crippen LogP contribution is -2.53. The van der Waals surface area contributed by atoms with Crippen molar-refractivity contribution in [2.24, 2.45) is 0 Å². The smallest absolute Gasteiger partial charge is 0.416 e. The van der Waals surface area contributed by atoms with Crippen LogP contribution in [-0.2, 0) is 67.3 Å². The van der Waals surface area contributed by atoms with Crippen molar-refractivity contribution in [1.29, 1.82) is 0 Å². The fourth-order valence-corrected chi connectivity index (χ4v) is 12.5. The fraction of sp³-hybridized carbons (Fsp3) is 0.438. The minimum atomic E-state index is -1.70. The molecule has 5 heterocycles. The Labute approximate surface area is 596 Å². The molecular formula is C73H84BN9O20. The van der Waals surface area contributed by atoms with Crippen molar-refractivity contribution in [1.82, 2.24) is 21.0 Å². The first-order chi connectivity index (χ1) is 49.1. The molecule has 10 amide bonds. The van der Waals surface area contributed by atoms with Crippen molar-refractivity contribution in [3.8, 4) is 23.0 Å². The summed E-state index contributed by atoms with van der Waals surface area (Å²) in [5.41, 5.74) is 2.82. The number of carbonyl (C=O) groups is 11. The molecule has 0 saturated carbocycles. The normalized spacial score (nSPS) is 17.2. The molecule has 5 aromatic rings. The van der Waals surface area contributed by atoms with Crippen LogP contribution in [-0.4, -0.2) is 166 Å². The van der Waals surface area contributed by atoms with Gasteiger partial charge in [-0.05, 0) is 146 Å². The second kappa shape index (κ2) is 32.4. The van der Waals surface area contributed by atoms with Gasteiger partial charge in [0.25, 0.3) is 23.6 Å². The SMILES string of the molecule is [B][C@H](NC(=O)CCC(=O)ON1C(=O)CCC1=O)C(=O)N[C@@H](CCCCNC(=O)OC(C)(C)C)C(=O)Nc1ccc(COC(=O)N2c3cc(OCCCCCOc4cc5c(cc4OC)C(=O)N4c6ccccc6C[C@H]4CN5C(=O)OC(C)(C)C)c(OC)cc3C(=O)N3c4ccccc4C[C@H]3C2O)cc1. The van der Waals surface area contributed by atoms with Gasteiger partial charge in [-0.25, -0.2) is 24.1 Å². The van der Waals surface area contributed by atoms with Gasteiger partial charge in [-0.15, -0.1) is 5.06 Å². The number of hydrogen-bond donors (Lipinski definition) is 5. The maximum atomic E-state index is 14.8. The summed E-state index contributed by atoms with van der Waals surface area (Å²) in [4.78, 5) is 157. The zero-order chi connectivity index (χ0) is 74.0. The van der Waals surface area contributed by atoms with Crippen molar-refractivity contribution in [3.05, 3.63) is 125 Å². The molecule has 10 rings (SSSR count). The van der Waals surface area contributed by atoms with Crippen LogP contribution in [0.3, 0.4) is 0 Å². The average molecular weight is 1420 g/mol. The van der Waals surface area contributed by atoms with E-state index >= 15 is 0 Å². The van der Waals surface area contributed by atoms with E-state index in [4.69, 9.17) is 45.8 Å². The van der Waals surface area contributed by atoms with Crippen LogP contribution in [0.15, 0.2) is 97.1 Å². The van der Waals surface area contributed by atoms with Gasteiger partial charge in [0.15, 0.2) is 29.2 Å². The third-order valence-electron chi connectivity index (χ3n) is 17.4. The number of hydroxylamine groups is 2. The van der Waals surface area contributed by atoms with E-state index in [1.54, 1.807) is 82.8 Å². The highest BCUT2D eigenvalue weighted by molar-refractivity contribution is 6.25. The van der Waals surface area contributed by atoms with Gasteiger partial charge < -0.3 is 74.2 Å². The van der Waals surface area contributed by atoms with Crippen LogP contribution in [0, 0.1) is 0 Å². The second-order valence-electron chi connectivity index (χ2n) is 27.2. The molecule has 29 nitrogen and oxygen atoms in total. The van der Waals surface area contributed by atoms with Gasteiger partial charge in [-0.1, -0.05) is 48.5 Å². The first-order valence-electron chi connectivity index (χ1n) is 34.1. The van der Waals surface area contributed by atoms with Crippen LogP contribution in [0.5, 0.6) is 23.0 Å². The molecule has 2 radical (unpaired) electrons. The van der Waals surface area contributed by atoms with E-state index in [1.165, 1.54) is 48.3 Å². The van der Waals surface area contributed by atoms with Crippen molar-refractivity contribution in [2.75, 3.05) is 65.4 Å². The Bertz CT molecular complexity index is 4070. The number of rotatable bonds is 26. The van der Waals surface area contributed by atoms with E-state index in [0.29, 0.717) is 72.0 Å². The van der Waals surface area contributed by atoms with E-state index in [-0.39, 0.29) is 105 Å². The zero-order valence-electron chi connectivity index (χ0n) is 58.7. The van der Waals surface area contributed by atoms with Gasteiger partial charge in [0.2, 0.25) is 17.7 Å². The predicted octanol–water partition coefficient (Wildman–Crippen LogP) is 7.82. The number of ether oxygens (including phenoxy) is 7. The van der Waals surface area contributed by atoms with Gasteiger partial charge in [0.05, 0.1) is 80.9 Å². The van der Waals surface area contributed by atoms with E-state index < -0.39 is 108 Å². The van der Waals surface area contributed by atoms with Gasteiger partial charge in [-0.2, -0.15) is 0 Å². The van der Waals surface area contributed by atoms with Crippen molar-refractivity contribution < 1.29 is 95.8 Å². The summed E-state index contributed by atoms with van der Waals surface area (Å²) >= 11 is 0. The van der Waals surface area contributed by atoms with E-state index in [0.717, 1.165) is 21.7 Å². The number of hydrogen-bond acceptors (Lipinski definition) is 20. The molecule has 5 aromatic carbocycles. The highest BCUT2D eigenvalue weighted by Gasteiger charge is 2.48. The molecule has 1 saturated heterocycles. The van der Waals surface area contributed by atoms with Crippen LogP contribution in [0.2, 0.25) is 0 Å². The Balaban J connectivity index is 0.779. The van der Waals surface area contributed by atoms with Gasteiger partial charge in [0, 0.05) is 55.0 Å². The molecule has 1 unspecified atom stereocenters. The molecule has 103 heavy (non-hydrogen) atoms. The summed E-state index contributed by atoms with van der Waals surface area (Å²) in [5.74, 6) is -6.51. The molecule has 5 atom stereocenters. The van der Waals surface area contributed by atoms with Crippen LogP contribution < -0.4 is 59.8 Å². The number of imide groups is 1. The molecule has 0 spiro atoms. The fourth-order valence-electron chi connectivity index (χ4n) is 12.5. The second-order valence-corrected chi connectivity index (χ2v) is 27.2. The number of unbranched alkanes of at least 4 members (excludes halogenated alkanes) is 3. The zero-order valence-corrected chi connectivity index (χ0v) is 58.7. The molecule has 0 bridgehead atoms. The Kier molecular flexibility index (Phi) is 23.5. The highest BCUT2D eigenvalue weighted by Crippen LogP contribution is 2.46. The number of amides is 10. The maximum Gasteiger partial charge on any atom is 0.416 e. The summed E-state index contributed by atoms with van der Waals surface area (Å²) in [7, 11) is 8.91. The summed E-state index contributed by atoms with van der Waals surface area (Å²) in [6.45, 7) is 10.8. The van der Waals surface area contributed by atoms with Crippen LogP contribution in [0.4, 0.5) is 42.8 Å². The van der Waals surface area contributed by atoms with Gasteiger partial charge >= 0.3 is 24.2 Å². The molecule has 0 aromatic heterocycles. The van der Waals surface area contributed by atoms with Gasteiger partial charge in [-0.3, -0.25) is 38.5 Å². The van der Waals surface area contributed by atoms with Crippen molar-refractivity contribution in [3.63, 3.8) is 0 Å². The first-order valence-corrected chi connectivity index (χ1v) is 34.1. The molecular weight excluding hydrogens is 1330 g/mol. The molecule has 1 fully saturated rings. The molecule has 0 aliphatic carbocycles. The van der Waals surface area contributed by atoms with E-state index in [9.17, 15) is 57.8 Å². The van der Waals surface area contributed by atoms with E-state index in [2.05, 4.69) is 21.3 Å². The number of para-hydroxylation sites is 2. The first kappa shape index (κ1) is 74.8. The Morgan fingerprint density at radius 1 is 0.621 bits per heavy atom. The lowest BCUT2D eigenvalue weighted by molar-refractivity contribution is -0.197. The number of aliphatic hydroxyl groups is 1. The number of benzene rings is 5.